The van der Waals surface area contributed by atoms with Gasteiger partial charge in [0.25, 0.3) is 0 Å². The van der Waals surface area contributed by atoms with Crippen molar-refractivity contribution in [1.82, 2.24) is 5.32 Å². The number of hydrogen-bond acceptors (Lipinski definition) is 4. The molecule has 0 aliphatic carbocycles. The van der Waals surface area contributed by atoms with Crippen LogP contribution in [0.5, 0.6) is 0 Å². The number of hydrogen-bond donors (Lipinski definition) is 2. The zero-order valence-electron chi connectivity index (χ0n) is 7.99. The zero-order valence-corrected chi connectivity index (χ0v) is 8.80. The van der Waals surface area contributed by atoms with Crippen LogP contribution in [0.2, 0.25) is 0 Å². The average Bonchev–Trinajstić information content (AvgIpc) is 1.99. The van der Waals surface area contributed by atoms with E-state index in [1.807, 2.05) is 6.08 Å². The van der Waals surface area contributed by atoms with Gasteiger partial charge in [0.2, 0.25) is 0 Å². The molecule has 0 aromatic carbocycles. The topological polar surface area (TPSA) is 75.6 Å². The van der Waals surface area contributed by atoms with Gasteiger partial charge in [-0.25, -0.2) is 4.18 Å². The fourth-order valence-corrected chi connectivity index (χ4v) is 0.693. The summed E-state index contributed by atoms with van der Waals surface area (Å²) in [5.74, 6) is 0. The van der Waals surface area contributed by atoms with Crippen molar-refractivity contribution in [3.63, 3.8) is 0 Å². The van der Waals surface area contributed by atoms with Gasteiger partial charge in [-0.2, -0.15) is 8.42 Å². The molecule has 0 unspecified atom stereocenters. The normalized spacial score (nSPS) is 10.1. The summed E-state index contributed by atoms with van der Waals surface area (Å²) in [4.78, 5) is 0. The first-order valence-electron chi connectivity index (χ1n) is 3.91. The van der Waals surface area contributed by atoms with Crippen LogP contribution in [-0.4, -0.2) is 32.7 Å². The quantitative estimate of drug-likeness (QED) is 0.396. The van der Waals surface area contributed by atoms with Crippen LogP contribution in [-0.2, 0) is 14.6 Å². The van der Waals surface area contributed by atoms with Gasteiger partial charge in [-0.1, -0.05) is 13.0 Å². The Balaban J connectivity index is 0. The molecule has 5 nitrogen and oxygen atoms in total. The van der Waals surface area contributed by atoms with Gasteiger partial charge < -0.3 is 5.32 Å². The summed E-state index contributed by atoms with van der Waals surface area (Å²) in [5, 5.41) is 3.08. The first kappa shape index (κ1) is 15.1. The lowest BCUT2D eigenvalue weighted by atomic mass is 10.6. The highest BCUT2D eigenvalue weighted by Crippen LogP contribution is 1.81. The standard InChI is InChI=1S/C5H11N.C2H6O4S/c1-3-5-6-4-2;1-2-6-7(3,4)5/h3,6H,1,4-5H2,2H3;2H2,1H3,(H,3,4,5). The van der Waals surface area contributed by atoms with E-state index in [-0.39, 0.29) is 6.61 Å². The molecule has 0 saturated carbocycles. The van der Waals surface area contributed by atoms with Gasteiger partial charge in [-0.15, -0.1) is 6.58 Å². The molecule has 80 valence electrons. The molecule has 0 spiro atoms. The molecule has 6 heteroatoms. The molecule has 0 aromatic heterocycles. The Hall–Kier alpha value is -0.430. The minimum absolute atomic E-state index is 0.0289. The molecule has 0 aliphatic rings. The highest BCUT2D eigenvalue weighted by Gasteiger charge is 1.98. The van der Waals surface area contributed by atoms with E-state index in [1.165, 1.54) is 6.92 Å². The Morgan fingerprint density at radius 1 is 1.54 bits per heavy atom. The fraction of sp³-hybridized carbons (Fsp3) is 0.714. The summed E-state index contributed by atoms with van der Waals surface area (Å²) >= 11 is 0. The fourth-order valence-electron chi connectivity index (χ4n) is 0.395. The monoisotopic (exact) mass is 211 g/mol. The van der Waals surface area contributed by atoms with Crippen molar-refractivity contribution in [3.05, 3.63) is 12.7 Å². The van der Waals surface area contributed by atoms with Crippen LogP contribution in [0.4, 0.5) is 0 Å². The van der Waals surface area contributed by atoms with Gasteiger partial charge in [-0.3, -0.25) is 4.55 Å². The summed E-state index contributed by atoms with van der Waals surface area (Å²) in [7, 11) is -4.17. The highest BCUT2D eigenvalue weighted by molar-refractivity contribution is 7.80. The van der Waals surface area contributed by atoms with Gasteiger partial charge in [0.05, 0.1) is 6.61 Å². The summed E-state index contributed by atoms with van der Waals surface area (Å²) < 4.78 is 30.7. The van der Waals surface area contributed by atoms with Crippen molar-refractivity contribution in [3.8, 4) is 0 Å². The maximum Gasteiger partial charge on any atom is 0.397 e. The van der Waals surface area contributed by atoms with Gasteiger partial charge in [-0.05, 0) is 13.5 Å². The minimum Gasteiger partial charge on any atom is -0.314 e. The summed E-state index contributed by atoms with van der Waals surface area (Å²) in [6, 6.07) is 0. The molecule has 0 aromatic rings. The van der Waals surface area contributed by atoms with Crippen LogP contribution in [0.15, 0.2) is 12.7 Å². The second-order valence-electron chi connectivity index (χ2n) is 1.93. The van der Waals surface area contributed by atoms with E-state index in [9.17, 15) is 8.42 Å². The second kappa shape index (κ2) is 9.66. The molecule has 0 fully saturated rings. The SMILES string of the molecule is C=CCNCC.CCOS(=O)(=O)O. The molecular formula is C7H17NO4S. The predicted molar refractivity (Wildman–Crippen MR) is 51.9 cm³/mol. The van der Waals surface area contributed by atoms with E-state index in [1.54, 1.807) is 0 Å². The lowest BCUT2D eigenvalue weighted by Gasteiger charge is -1.88. The third-order valence-electron chi connectivity index (χ3n) is 0.805. The lowest BCUT2D eigenvalue weighted by Crippen LogP contribution is -2.10. The van der Waals surface area contributed by atoms with Crippen molar-refractivity contribution in [1.29, 1.82) is 0 Å². The van der Waals surface area contributed by atoms with Gasteiger partial charge in [0.15, 0.2) is 0 Å². The molecule has 0 rings (SSSR count). The zero-order chi connectivity index (χ0) is 10.7. The molecule has 0 aliphatic heterocycles. The summed E-state index contributed by atoms with van der Waals surface area (Å²) in [6.07, 6.45) is 1.85. The molecule has 0 atom stereocenters. The van der Waals surface area contributed by atoms with E-state index in [0.29, 0.717) is 0 Å². The Morgan fingerprint density at radius 2 is 2.08 bits per heavy atom. The van der Waals surface area contributed by atoms with Gasteiger partial charge in [0.1, 0.15) is 0 Å². The lowest BCUT2D eigenvalue weighted by molar-refractivity contribution is 0.283. The minimum atomic E-state index is -4.17. The number of nitrogens with one attached hydrogen (secondary N) is 1. The Morgan fingerprint density at radius 3 is 2.15 bits per heavy atom. The molecule has 0 heterocycles. The molecule has 2 N–H and O–H groups in total. The van der Waals surface area contributed by atoms with Crippen LogP contribution in [0.25, 0.3) is 0 Å². The van der Waals surface area contributed by atoms with Crippen LogP contribution in [0, 0.1) is 0 Å². The molecule has 0 amide bonds. The largest absolute Gasteiger partial charge is 0.397 e. The first-order chi connectivity index (χ1) is 5.97. The molecule has 0 radical (unpaired) electrons. The predicted octanol–water partition coefficient (Wildman–Crippen LogP) is 0.608. The number of rotatable bonds is 5. The molecule has 13 heavy (non-hydrogen) atoms. The highest BCUT2D eigenvalue weighted by atomic mass is 32.3. The first-order valence-corrected chi connectivity index (χ1v) is 5.27. The van der Waals surface area contributed by atoms with Crippen LogP contribution in [0.1, 0.15) is 13.8 Å². The van der Waals surface area contributed by atoms with E-state index < -0.39 is 10.4 Å². The van der Waals surface area contributed by atoms with E-state index in [0.717, 1.165) is 13.1 Å². The molecule has 0 saturated heterocycles. The maximum atomic E-state index is 9.56. The second-order valence-corrected chi connectivity index (χ2v) is 3.02. The number of likely N-dealkylation sites (N-methyl/N-ethyl adjacent to an activating group) is 1. The van der Waals surface area contributed by atoms with E-state index in [2.05, 4.69) is 23.0 Å². The van der Waals surface area contributed by atoms with E-state index in [4.69, 9.17) is 4.55 Å². The van der Waals surface area contributed by atoms with Crippen molar-refractivity contribution in [2.75, 3.05) is 19.7 Å². The molecular weight excluding hydrogens is 194 g/mol. The van der Waals surface area contributed by atoms with Crippen LogP contribution >= 0.6 is 0 Å². The Bertz CT molecular complexity index is 201. The third-order valence-corrected chi connectivity index (χ3v) is 1.34. The Labute approximate surface area is 79.7 Å². The Kier molecular flexibility index (Phi) is 11.2. The van der Waals surface area contributed by atoms with Crippen LogP contribution < -0.4 is 5.32 Å². The van der Waals surface area contributed by atoms with Gasteiger partial charge in [0, 0.05) is 6.54 Å². The van der Waals surface area contributed by atoms with Crippen molar-refractivity contribution < 1.29 is 17.2 Å². The van der Waals surface area contributed by atoms with Crippen molar-refractivity contribution in [2.24, 2.45) is 0 Å². The smallest absolute Gasteiger partial charge is 0.314 e. The molecule has 0 bridgehead atoms. The summed E-state index contributed by atoms with van der Waals surface area (Å²) in [5.41, 5.74) is 0. The van der Waals surface area contributed by atoms with Crippen LogP contribution in [0.3, 0.4) is 0 Å². The maximum absolute atomic E-state index is 9.56. The summed E-state index contributed by atoms with van der Waals surface area (Å²) in [6.45, 7) is 9.01. The van der Waals surface area contributed by atoms with Gasteiger partial charge >= 0.3 is 10.4 Å². The third kappa shape index (κ3) is 24.5. The van der Waals surface area contributed by atoms with Crippen molar-refractivity contribution >= 4 is 10.4 Å². The van der Waals surface area contributed by atoms with Crippen molar-refractivity contribution in [2.45, 2.75) is 13.8 Å². The average molecular weight is 211 g/mol. The van der Waals surface area contributed by atoms with E-state index >= 15 is 0 Å².